The Morgan fingerprint density at radius 2 is 1.22 bits per heavy atom. The molecule has 1 aliphatic heterocycles. The predicted molar refractivity (Wildman–Crippen MR) is 278 cm³/mol. The van der Waals surface area contributed by atoms with Gasteiger partial charge in [-0.3, -0.25) is 0 Å². The molecule has 338 valence electrons. The maximum absolute atomic E-state index is 9.70. The van der Waals surface area contributed by atoms with Crippen molar-refractivity contribution in [3.05, 3.63) is 224 Å². The second-order valence-electron chi connectivity index (χ2n) is 18.3. The summed E-state index contributed by atoms with van der Waals surface area (Å²) in [6.45, 7) is 14.2. The summed E-state index contributed by atoms with van der Waals surface area (Å²) >= 11 is 0. The van der Waals surface area contributed by atoms with Crippen LogP contribution in [0.2, 0.25) is 0 Å². The van der Waals surface area contributed by atoms with Crippen molar-refractivity contribution in [2.75, 3.05) is 9.80 Å². The molecule has 0 fully saturated rings. The quantitative estimate of drug-likeness (QED) is 0.142. The fraction of sp³-hybridized carbons (Fsp3) is 0.129. The molecule has 0 saturated carbocycles. The average molecular weight is 1080 g/mol. The standard InChI is InChI=1S/C62H51N4O.Pt/c1-61(2,3)46-23-15-22-45(36-46)52-27-17-26-51(43-20-11-8-12-21-43)60(52)65-41-64(56-28-13-14-29-57(56)65)48-24-16-25-49(39-48)67-50-31-32-53-54-37-44(42-18-9-7-10-19-42)30-33-55(54)66(58(53)40-50)59-38-47(34-35-63-59)62(4,5)6;/h7-38,41H,1-6H3;/q-3;/i7D,8D,9D,10D,11D,12D,18D,19D,20D,21D,30D,31D,32D,33D,37D;. The van der Waals surface area contributed by atoms with Crippen LogP contribution in [0.4, 0.5) is 22.7 Å². The Morgan fingerprint density at radius 3 is 1.96 bits per heavy atom. The number of hydrogen-bond donors (Lipinski definition) is 0. The van der Waals surface area contributed by atoms with Gasteiger partial charge >= 0.3 is 0 Å². The van der Waals surface area contributed by atoms with Gasteiger partial charge in [0.05, 0.1) is 17.8 Å². The topological polar surface area (TPSA) is 33.5 Å². The van der Waals surface area contributed by atoms with Crippen molar-refractivity contribution >= 4 is 44.6 Å². The van der Waals surface area contributed by atoms with Crippen molar-refractivity contribution in [2.24, 2.45) is 0 Å². The van der Waals surface area contributed by atoms with E-state index in [9.17, 15) is 6.85 Å². The third kappa shape index (κ3) is 8.30. The van der Waals surface area contributed by atoms with Gasteiger partial charge in [0.15, 0.2) is 0 Å². The van der Waals surface area contributed by atoms with Crippen LogP contribution in [0.25, 0.3) is 61.0 Å². The van der Waals surface area contributed by atoms with E-state index in [2.05, 4.69) is 50.0 Å². The molecule has 0 amide bonds. The zero-order valence-electron chi connectivity index (χ0n) is 52.9. The molecule has 0 unspecified atom stereocenters. The Bertz CT molecular complexity index is 4300. The fourth-order valence-corrected chi connectivity index (χ4v) is 8.38. The average Bonchev–Trinajstić information content (AvgIpc) is 2.61. The summed E-state index contributed by atoms with van der Waals surface area (Å²) in [5.41, 5.74) is 4.76. The van der Waals surface area contributed by atoms with Gasteiger partial charge in [-0.2, -0.15) is 12.1 Å². The molecule has 8 aromatic carbocycles. The second kappa shape index (κ2) is 17.8. The molecule has 0 atom stereocenters. The van der Waals surface area contributed by atoms with E-state index in [0.717, 1.165) is 22.3 Å². The van der Waals surface area contributed by atoms with Crippen molar-refractivity contribution in [1.82, 2.24) is 9.55 Å². The first-order chi connectivity index (χ1) is 38.7. The van der Waals surface area contributed by atoms with Crippen molar-refractivity contribution < 1.29 is 46.4 Å². The van der Waals surface area contributed by atoms with Crippen LogP contribution >= 0.6 is 0 Å². The van der Waals surface area contributed by atoms with Crippen LogP contribution < -0.4 is 14.5 Å². The SMILES string of the molecule is [2H]c1c([2H])c([2H])c(-c2cccc(-c3cccc(C(C)(C)C)c3)c2N2[CH-]N(c3[c-]c(Oc4[c-]c5c(c([2H])c4[2H])c4c([2H])c(-c6c([2H])c([2H])c([2H])c([2H])c6[2H])c([2H])c([2H])c4n5-c4cc(C(C)(C)C)ccn4)ccc3)c3ccccc32)c([2H])c1[2H].[Pt]. The first-order valence-corrected chi connectivity index (χ1v) is 21.8. The molecule has 0 N–H and O–H groups in total. The summed E-state index contributed by atoms with van der Waals surface area (Å²) in [5, 5.41) is -0.140. The Hall–Kier alpha value is -7.20. The molecule has 3 heterocycles. The van der Waals surface area contributed by atoms with Gasteiger partial charge in [-0.05, 0) is 81.3 Å². The Kier molecular flexibility index (Phi) is 7.91. The van der Waals surface area contributed by atoms with E-state index in [1.54, 1.807) is 36.5 Å². The summed E-state index contributed by atoms with van der Waals surface area (Å²) in [5.74, 6) is 0.0903. The summed E-state index contributed by atoms with van der Waals surface area (Å²) in [6, 6.07) is 28.4. The van der Waals surface area contributed by atoms with Crippen LogP contribution in [0.5, 0.6) is 11.5 Å². The summed E-state index contributed by atoms with van der Waals surface area (Å²) in [4.78, 5) is 8.47. The number of rotatable bonds is 8. The summed E-state index contributed by atoms with van der Waals surface area (Å²) in [7, 11) is 0. The van der Waals surface area contributed by atoms with Gasteiger partial charge in [0.25, 0.3) is 0 Å². The third-order valence-electron chi connectivity index (χ3n) is 11.8. The van der Waals surface area contributed by atoms with Gasteiger partial charge in [-0.25, -0.2) is 4.98 Å². The molecule has 0 spiro atoms. The third-order valence-corrected chi connectivity index (χ3v) is 11.8. The van der Waals surface area contributed by atoms with E-state index in [1.165, 1.54) is 4.57 Å². The van der Waals surface area contributed by atoms with Gasteiger partial charge in [0.1, 0.15) is 5.82 Å². The summed E-state index contributed by atoms with van der Waals surface area (Å²) < 4.78 is 142. The van der Waals surface area contributed by atoms with Crippen LogP contribution in [-0.2, 0) is 31.9 Å². The molecular formula is C62H51N4OPt-3. The van der Waals surface area contributed by atoms with E-state index < -0.39 is 95.1 Å². The molecule has 68 heavy (non-hydrogen) atoms. The molecule has 0 saturated heterocycles. The smallest absolute Gasteiger partial charge is 0.135 e. The number of fused-ring (bicyclic) bond motifs is 4. The Labute approximate surface area is 435 Å². The maximum Gasteiger partial charge on any atom is 0.135 e. The van der Waals surface area contributed by atoms with Gasteiger partial charge in [0, 0.05) is 73.8 Å². The number of pyridine rings is 1. The molecule has 6 heteroatoms. The van der Waals surface area contributed by atoms with Crippen LogP contribution in [0.1, 0.15) is 73.2 Å². The van der Waals surface area contributed by atoms with Crippen molar-refractivity contribution in [3.63, 3.8) is 0 Å². The maximum atomic E-state index is 9.70. The monoisotopic (exact) mass is 1080 g/mol. The number of benzene rings is 8. The second-order valence-corrected chi connectivity index (χ2v) is 18.3. The minimum Gasteiger partial charge on any atom is -0.509 e. The zero-order valence-corrected chi connectivity index (χ0v) is 40.2. The molecule has 2 aromatic heterocycles. The van der Waals surface area contributed by atoms with E-state index in [-0.39, 0.29) is 83.3 Å². The van der Waals surface area contributed by atoms with Gasteiger partial charge in [0.2, 0.25) is 0 Å². The normalized spacial score (nSPS) is 15.7. The number of ether oxygens (including phenoxy) is 1. The van der Waals surface area contributed by atoms with Crippen molar-refractivity contribution in [1.29, 1.82) is 0 Å². The Balaban J connectivity index is 0.00000769. The van der Waals surface area contributed by atoms with Gasteiger partial charge in [-0.1, -0.05) is 174 Å². The molecule has 1 aliphatic rings. The molecule has 10 aromatic rings. The number of hydrogen-bond acceptors (Lipinski definition) is 4. The molecule has 0 radical (unpaired) electrons. The minimum absolute atomic E-state index is 0. The van der Waals surface area contributed by atoms with Gasteiger partial charge < -0.3 is 19.1 Å². The fourth-order valence-electron chi connectivity index (χ4n) is 8.38. The first kappa shape index (κ1) is 30.2. The van der Waals surface area contributed by atoms with E-state index >= 15 is 0 Å². The van der Waals surface area contributed by atoms with E-state index in [4.69, 9.17) is 18.4 Å². The molecule has 0 bridgehead atoms. The molecule has 0 aliphatic carbocycles. The van der Waals surface area contributed by atoms with Crippen LogP contribution in [0.15, 0.2) is 194 Å². The zero-order chi connectivity index (χ0) is 58.9. The van der Waals surface area contributed by atoms with Crippen LogP contribution in [0.3, 0.4) is 0 Å². The van der Waals surface area contributed by atoms with Gasteiger partial charge in [-0.15, -0.1) is 48.1 Å². The van der Waals surface area contributed by atoms with E-state index in [0.29, 0.717) is 28.3 Å². The van der Waals surface area contributed by atoms with E-state index in [1.807, 2.05) is 91.8 Å². The minimum atomic E-state index is -0.689. The molecule has 5 nitrogen and oxygen atoms in total. The first-order valence-electron chi connectivity index (χ1n) is 29.3. The molecule has 11 rings (SSSR count). The number of anilines is 4. The largest absolute Gasteiger partial charge is 0.509 e. The van der Waals surface area contributed by atoms with Crippen molar-refractivity contribution in [2.45, 2.75) is 52.4 Å². The number of para-hydroxylation sites is 3. The number of nitrogens with zero attached hydrogens (tertiary/aromatic N) is 4. The van der Waals surface area contributed by atoms with Crippen molar-refractivity contribution in [3.8, 4) is 50.7 Å². The Morgan fingerprint density at radius 1 is 0.559 bits per heavy atom. The number of aromatic nitrogens is 2. The summed E-state index contributed by atoms with van der Waals surface area (Å²) in [6.07, 6.45) is 1.58. The molecular weight excluding hydrogens is 1010 g/mol. The van der Waals surface area contributed by atoms with Crippen LogP contribution in [0, 0.1) is 18.8 Å². The predicted octanol–water partition coefficient (Wildman–Crippen LogP) is 16.6. The van der Waals surface area contributed by atoms with Crippen LogP contribution in [-0.4, -0.2) is 9.55 Å².